The minimum atomic E-state index is -0.433. The van der Waals surface area contributed by atoms with Gasteiger partial charge in [0.25, 0.3) is 0 Å². The second kappa shape index (κ2) is 7.86. The molecule has 0 saturated carbocycles. The van der Waals surface area contributed by atoms with Gasteiger partial charge in [-0.1, -0.05) is 12.1 Å². The number of hydrogen-bond donors (Lipinski definition) is 0. The summed E-state index contributed by atoms with van der Waals surface area (Å²) in [6.45, 7) is 3.81. The van der Waals surface area contributed by atoms with E-state index in [1.54, 1.807) is 4.90 Å². The van der Waals surface area contributed by atoms with E-state index in [9.17, 15) is 9.18 Å². The lowest BCUT2D eigenvalue weighted by Gasteiger charge is -2.40. The Balaban J connectivity index is 1.22. The summed E-state index contributed by atoms with van der Waals surface area (Å²) in [6, 6.07) is 12.7. The van der Waals surface area contributed by atoms with Crippen LogP contribution in [0.1, 0.15) is 29.9 Å². The van der Waals surface area contributed by atoms with Crippen LogP contribution in [0, 0.1) is 17.1 Å². The highest BCUT2D eigenvalue weighted by Gasteiger charge is 2.46. The molecule has 2 aromatic carbocycles. The molecule has 3 aliphatic heterocycles. The number of hydrogen-bond acceptors (Lipinski definition) is 5. The maximum Gasteiger partial charge on any atom is 0.246 e. The molecule has 6 nitrogen and oxygen atoms in total. The summed E-state index contributed by atoms with van der Waals surface area (Å²) in [5.74, 6) is 0.564. The zero-order valence-corrected chi connectivity index (χ0v) is 17.6. The van der Waals surface area contributed by atoms with Crippen molar-refractivity contribution < 1.29 is 13.9 Å². The lowest BCUT2D eigenvalue weighted by atomic mass is 9.89. The van der Waals surface area contributed by atoms with E-state index in [1.807, 2.05) is 19.2 Å². The zero-order valence-electron chi connectivity index (χ0n) is 17.6. The molecule has 1 saturated heterocycles. The van der Waals surface area contributed by atoms with Crippen molar-refractivity contribution in [3.63, 3.8) is 0 Å². The Morgan fingerprint density at radius 1 is 1.29 bits per heavy atom. The van der Waals surface area contributed by atoms with Crippen molar-refractivity contribution in [1.82, 2.24) is 4.90 Å². The minimum Gasteiger partial charge on any atom is -0.492 e. The molecule has 2 aromatic rings. The minimum absolute atomic E-state index is 0.155. The molecule has 0 aliphatic carbocycles. The van der Waals surface area contributed by atoms with Crippen molar-refractivity contribution in [3.8, 4) is 11.8 Å². The van der Waals surface area contributed by atoms with Crippen molar-refractivity contribution in [1.29, 1.82) is 5.26 Å². The van der Waals surface area contributed by atoms with Gasteiger partial charge in [-0.2, -0.15) is 5.26 Å². The third-order valence-electron chi connectivity index (χ3n) is 6.77. The molecule has 2 atom stereocenters. The second-order valence-corrected chi connectivity index (χ2v) is 8.51. The number of carbonyl (C=O) groups excluding carboxylic acids is 1. The van der Waals surface area contributed by atoms with Crippen LogP contribution in [-0.4, -0.2) is 56.7 Å². The number of ether oxygens (including phenoxy) is 1. The average Bonchev–Trinajstić information content (AvgIpc) is 3.09. The van der Waals surface area contributed by atoms with E-state index in [4.69, 9.17) is 10.00 Å². The molecule has 0 bridgehead atoms. The number of rotatable bonds is 5. The number of carbonyl (C=O) groups is 1. The van der Waals surface area contributed by atoms with E-state index in [0.717, 1.165) is 38.2 Å². The summed E-state index contributed by atoms with van der Waals surface area (Å²) in [6.07, 6.45) is 1.87. The van der Waals surface area contributed by atoms with Gasteiger partial charge in [-0.3, -0.25) is 4.79 Å². The summed E-state index contributed by atoms with van der Waals surface area (Å²) >= 11 is 0. The van der Waals surface area contributed by atoms with Crippen LogP contribution in [0.5, 0.6) is 5.75 Å². The molecule has 0 radical (unpaired) electrons. The Hall–Kier alpha value is -3.11. The average molecular weight is 420 g/mol. The molecule has 0 spiro atoms. The van der Waals surface area contributed by atoms with E-state index < -0.39 is 5.82 Å². The van der Waals surface area contributed by atoms with Crippen molar-refractivity contribution in [3.05, 3.63) is 53.3 Å². The van der Waals surface area contributed by atoms with Gasteiger partial charge in [0, 0.05) is 38.6 Å². The van der Waals surface area contributed by atoms with Crippen LogP contribution < -0.4 is 14.5 Å². The SMILES string of the molecule is CN1C(=O)CN2c3c(cccc31)C1CN(CCCOc3ccc(F)cc3C#N)CCC12. The maximum absolute atomic E-state index is 13.3. The smallest absolute Gasteiger partial charge is 0.246 e. The standard InChI is InChI=1S/C24H25FN4O2/c1-27-21-5-2-4-18-19-14-28(10-8-20(19)29(24(18)21)15-23(27)30)9-3-11-31-22-7-6-17(25)12-16(22)13-26/h2,4-7,12,19-20H,3,8-11,14-15H2,1H3. The lowest BCUT2D eigenvalue weighted by molar-refractivity contribution is -0.117. The molecule has 1 amide bonds. The van der Waals surface area contributed by atoms with Crippen LogP contribution in [0.2, 0.25) is 0 Å². The Morgan fingerprint density at radius 2 is 2.16 bits per heavy atom. The lowest BCUT2D eigenvalue weighted by Crippen LogP contribution is -2.51. The van der Waals surface area contributed by atoms with Gasteiger partial charge in [-0.05, 0) is 42.7 Å². The molecular formula is C24H25FN4O2. The predicted molar refractivity (Wildman–Crippen MR) is 116 cm³/mol. The van der Waals surface area contributed by atoms with E-state index in [2.05, 4.69) is 21.9 Å². The van der Waals surface area contributed by atoms with E-state index >= 15 is 0 Å². The number of anilines is 2. The Labute approximate surface area is 181 Å². The Bertz CT molecular complexity index is 1070. The van der Waals surface area contributed by atoms with Crippen molar-refractivity contribution in [2.24, 2.45) is 0 Å². The van der Waals surface area contributed by atoms with Crippen molar-refractivity contribution in [2.45, 2.75) is 24.8 Å². The van der Waals surface area contributed by atoms with Gasteiger partial charge in [0.2, 0.25) is 5.91 Å². The van der Waals surface area contributed by atoms with Gasteiger partial charge in [-0.25, -0.2) is 4.39 Å². The molecule has 0 N–H and O–H groups in total. The van der Waals surface area contributed by atoms with Crippen molar-refractivity contribution in [2.75, 3.05) is 49.6 Å². The fourth-order valence-electron chi connectivity index (χ4n) is 5.25. The molecular weight excluding hydrogens is 395 g/mol. The number of likely N-dealkylation sites (tertiary alicyclic amines) is 1. The summed E-state index contributed by atoms with van der Waals surface area (Å²) in [4.78, 5) is 19.0. The number of likely N-dealkylation sites (N-methyl/N-ethyl adjacent to an activating group) is 1. The third-order valence-corrected chi connectivity index (χ3v) is 6.77. The van der Waals surface area contributed by atoms with E-state index in [0.29, 0.717) is 30.9 Å². The number of amides is 1. The number of nitriles is 1. The highest BCUT2D eigenvalue weighted by molar-refractivity contribution is 6.04. The molecule has 7 heteroatoms. The van der Waals surface area contributed by atoms with Crippen LogP contribution in [0.25, 0.3) is 0 Å². The molecule has 3 aliphatic rings. The first-order chi connectivity index (χ1) is 15.1. The largest absolute Gasteiger partial charge is 0.492 e. The predicted octanol–water partition coefficient (Wildman–Crippen LogP) is 3.12. The fourth-order valence-corrected chi connectivity index (χ4v) is 5.25. The van der Waals surface area contributed by atoms with Gasteiger partial charge in [0.15, 0.2) is 0 Å². The molecule has 31 heavy (non-hydrogen) atoms. The molecule has 160 valence electrons. The topological polar surface area (TPSA) is 59.8 Å². The highest BCUT2D eigenvalue weighted by Crippen LogP contribution is 2.50. The molecule has 1 fully saturated rings. The van der Waals surface area contributed by atoms with Gasteiger partial charge in [-0.15, -0.1) is 0 Å². The summed E-state index contributed by atoms with van der Waals surface area (Å²) in [5.41, 5.74) is 3.85. The van der Waals surface area contributed by atoms with Gasteiger partial charge < -0.3 is 19.4 Å². The number of halogens is 1. The van der Waals surface area contributed by atoms with Crippen LogP contribution in [0.15, 0.2) is 36.4 Å². The molecule has 5 rings (SSSR count). The first-order valence-corrected chi connectivity index (χ1v) is 10.8. The molecule has 0 aromatic heterocycles. The van der Waals surface area contributed by atoms with Crippen molar-refractivity contribution >= 4 is 17.3 Å². The number of piperidine rings is 1. The first kappa shape index (κ1) is 19.8. The van der Waals surface area contributed by atoms with Crippen LogP contribution in [-0.2, 0) is 4.79 Å². The number of benzene rings is 2. The van der Waals surface area contributed by atoms with Gasteiger partial charge >= 0.3 is 0 Å². The summed E-state index contributed by atoms with van der Waals surface area (Å²) < 4.78 is 19.0. The molecule has 2 unspecified atom stereocenters. The van der Waals surface area contributed by atoms with Crippen LogP contribution in [0.4, 0.5) is 15.8 Å². The van der Waals surface area contributed by atoms with Crippen LogP contribution in [0.3, 0.4) is 0 Å². The van der Waals surface area contributed by atoms with Gasteiger partial charge in [0.1, 0.15) is 17.6 Å². The van der Waals surface area contributed by atoms with E-state index in [-0.39, 0.29) is 11.5 Å². The molecule has 3 heterocycles. The summed E-state index contributed by atoms with van der Waals surface area (Å²) in [5, 5.41) is 9.14. The Morgan fingerprint density at radius 3 is 3.00 bits per heavy atom. The monoisotopic (exact) mass is 420 g/mol. The maximum atomic E-state index is 13.3. The van der Waals surface area contributed by atoms with Crippen LogP contribution >= 0.6 is 0 Å². The number of nitrogens with zero attached hydrogens (tertiary/aromatic N) is 4. The fraction of sp³-hybridized carbons (Fsp3) is 0.417. The number of para-hydroxylation sites is 1. The third kappa shape index (κ3) is 3.41. The Kier molecular flexibility index (Phi) is 5.03. The zero-order chi connectivity index (χ0) is 21.5. The second-order valence-electron chi connectivity index (χ2n) is 8.51. The van der Waals surface area contributed by atoms with Gasteiger partial charge in [0.05, 0.1) is 30.1 Å². The quantitative estimate of drug-likeness (QED) is 0.696. The van der Waals surface area contributed by atoms with E-state index in [1.165, 1.54) is 29.4 Å². The number of fused-ring (bicyclic) bond motifs is 3. The highest BCUT2D eigenvalue weighted by atomic mass is 19.1. The normalized spacial score (nSPS) is 22.2. The summed E-state index contributed by atoms with van der Waals surface area (Å²) in [7, 11) is 1.86. The first-order valence-electron chi connectivity index (χ1n) is 10.8.